The fraction of sp³-hybridized carbons (Fsp3) is 0.176. The monoisotopic (exact) mass is 334 g/mol. The predicted molar refractivity (Wildman–Crippen MR) is 86.9 cm³/mol. The fourth-order valence-corrected chi connectivity index (χ4v) is 2.22. The van der Waals surface area contributed by atoms with E-state index in [1.807, 2.05) is 0 Å². The molecular formula is C17H16ClFN2O2. The Kier molecular flexibility index (Phi) is 6.11. The van der Waals surface area contributed by atoms with E-state index in [0.29, 0.717) is 29.1 Å². The highest BCUT2D eigenvalue weighted by Gasteiger charge is 2.10. The second-order valence-corrected chi connectivity index (χ2v) is 5.26. The Labute approximate surface area is 138 Å². The molecule has 0 aliphatic carbocycles. The molecule has 6 heteroatoms. The van der Waals surface area contributed by atoms with E-state index in [1.165, 1.54) is 6.07 Å². The van der Waals surface area contributed by atoms with Crippen molar-refractivity contribution in [1.82, 2.24) is 10.6 Å². The lowest BCUT2D eigenvalue weighted by Crippen LogP contribution is -2.37. The zero-order valence-corrected chi connectivity index (χ0v) is 13.1. The molecule has 0 aliphatic heterocycles. The molecule has 2 rings (SSSR count). The third kappa shape index (κ3) is 5.07. The van der Waals surface area contributed by atoms with Gasteiger partial charge in [0.15, 0.2) is 0 Å². The van der Waals surface area contributed by atoms with Crippen molar-refractivity contribution < 1.29 is 14.0 Å². The quantitative estimate of drug-likeness (QED) is 0.853. The number of halogens is 2. The number of rotatable bonds is 6. The molecule has 0 aliphatic rings. The van der Waals surface area contributed by atoms with Gasteiger partial charge >= 0.3 is 0 Å². The Balaban J connectivity index is 1.74. The van der Waals surface area contributed by atoms with E-state index >= 15 is 0 Å². The van der Waals surface area contributed by atoms with E-state index in [0.717, 1.165) is 0 Å². The topological polar surface area (TPSA) is 58.2 Å². The van der Waals surface area contributed by atoms with E-state index in [9.17, 15) is 14.0 Å². The second kappa shape index (κ2) is 8.29. The van der Waals surface area contributed by atoms with E-state index in [4.69, 9.17) is 11.6 Å². The maximum Gasteiger partial charge on any atom is 0.253 e. The minimum Gasteiger partial charge on any atom is -0.354 e. The van der Waals surface area contributed by atoms with Gasteiger partial charge < -0.3 is 10.6 Å². The number of hydrogen-bond acceptors (Lipinski definition) is 2. The van der Waals surface area contributed by atoms with Crippen LogP contribution in [0.5, 0.6) is 0 Å². The first-order valence-corrected chi connectivity index (χ1v) is 7.48. The molecule has 2 N–H and O–H groups in total. The van der Waals surface area contributed by atoms with Gasteiger partial charge in [-0.25, -0.2) is 4.39 Å². The van der Waals surface area contributed by atoms with E-state index < -0.39 is 5.91 Å². The van der Waals surface area contributed by atoms with E-state index in [1.54, 1.807) is 42.5 Å². The molecule has 4 nitrogen and oxygen atoms in total. The zero-order chi connectivity index (χ0) is 16.7. The number of nitrogens with one attached hydrogen (secondary N) is 2. The summed E-state index contributed by atoms with van der Waals surface area (Å²) in [6.07, 6.45) is 0.386. The maximum absolute atomic E-state index is 13.4. The fourth-order valence-electron chi connectivity index (χ4n) is 2.00. The van der Waals surface area contributed by atoms with Gasteiger partial charge in [-0.2, -0.15) is 0 Å². The largest absolute Gasteiger partial charge is 0.354 e. The Morgan fingerprint density at radius 1 is 1.00 bits per heavy atom. The number of hydrogen-bond donors (Lipinski definition) is 2. The van der Waals surface area contributed by atoms with Gasteiger partial charge in [0.1, 0.15) is 5.82 Å². The number of carbonyl (C=O) groups is 2. The summed E-state index contributed by atoms with van der Waals surface area (Å²) >= 11 is 5.90. The lowest BCUT2D eigenvalue weighted by molar-refractivity contribution is -0.120. The van der Waals surface area contributed by atoms with Crippen LogP contribution in [-0.2, 0) is 11.2 Å². The minimum atomic E-state index is -0.417. The van der Waals surface area contributed by atoms with Crippen molar-refractivity contribution >= 4 is 23.4 Å². The van der Waals surface area contributed by atoms with Crippen molar-refractivity contribution in [3.63, 3.8) is 0 Å². The minimum absolute atomic E-state index is 0.165. The van der Waals surface area contributed by atoms with Gasteiger partial charge in [0, 0.05) is 6.54 Å². The normalized spacial score (nSPS) is 10.2. The van der Waals surface area contributed by atoms with Crippen LogP contribution in [0, 0.1) is 5.82 Å². The Bertz CT molecular complexity index is 706. The Morgan fingerprint density at radius 2 is 1.70 bits per heavy atom. The smallest absolute Gasteiger partial charge is 0.253 e. The maximum atomic E-state index is 13.4. The lowest BCUT2D eigenvalue weighted by Gasteiger charge is -2.08. The van der Waals surface area contributed by atoms with Crippen LogP contribution < -0.4 is 10.6 Å². The highest BCUT2D eigenvalue weighted by atomic mass is 35.5. The molecule has 0 fully saturated rings. The number of amides is 2. The molecule has 0 heterocycles. The van der Waals surface area contributed by atoms with Crippen molar-refractivity contribution in [2.75, 3.05) is 13.1 Å². The SMILES string of the molecule is O=C(CNC(=O)c1ccccc1Cl)NCCc1ccccc1F. The first-order chi connectivity index (χ1) is 11.1. The molecule has 0 saturated carbocycles. The molecule has 0 bridgehead atoms. The van der Waals surface area contributed by atoms with Gasteiger partial charge in [-0.1, -0.05) is 41.9 Å². The predicted octanol–water partition coefficient (Wildman–Crippen LogP) is 2.57. The molecule has 0 radical (unpaired) electrons. The molecule has 0 atom stereocenters. The standard InChI is InChI=1S/C17H16ClFN2O2/c18-14-7-3-2-6-13(14)17(23)21-11-16(22)20-10-9-12-5-1-4-8-15(12)19/h1-8H,9-11H2,(H,20,22)(H,21,23). The summed E-state index contributed by atoms with van der Waals surface area (Å²) in [6, 6.07) is 13.0. The van der Waals surface area contributed by atoms with Crippen LogP contribution in [0.4, 0.5) is 4.39 Å². The first-order valence-electron chi connectivity index (χ1n) is 7.11. The van der Waals surface area contributed by atoms with Crippen LogP contribution >= 0.6 is 11.6 Å². The zero-order valence-electron chi connectivity index (χ0n) is 12.3. The Hall–Kier alpha value is -2.40. The van der Waals surface area contributed by atoms with Gasteiger partial charge in [-0.15, -0.1) is 0 Å². The highest BCUT2D eigenvalue weighted by molar-refractivity contribution is 6.33. The van der Waals surface area contributed by atoms with Crippen LogP contribution in [0.15, 0.2) is 48.5 Å². The van der Waals surface area contributed by atoms with Crippen LogP contribution in [0.1, 0.15) is 15.9 Å². The number of carbonyl (C=O) groups excluding carboxylic acids is 2. The summed E-state index contributed by atoms with van der Waals surface area (Å²) in [5, 5.41) is 5.44. The van der Waals surface area contributed by atoms with E-state index in [2.05, 4.69) is 10.6 Å². The lowest BCUT2D eigenvalue weighted by atomic mass is 10.1. The third-order valence-electron chi connectivity index (χ3n) is 3.20. The molecule has 2 aromatic rings. The van der Waals surface area contributed by atoms with Crippen LogP contribution in [0.25, 0.3) is 0 Å². The highest BCUT2D eigenvalue weighted by Crippen LogP contribution is 2.14. The summed E-state index contributed by atoms with van der Waals surface area (Å²) < 4.78 is 13.4. The summed E-state index contributed by atoms with van der Waals surface area (Å²) in [5.41, 5.74) is 0.848. The first kappa shape index (κ1) is 17.0. The average molecular weight is 335 g/mol. The van der Waals surface area contributed by atoms with Gasteiger partial charge in [0.05, 0.1) is 17.1 Å². The third-order valence-corrected chi connectivity index (χ3v) is 3.53. The van der Waals surface area contributed by atoms with Crippen LogP contribution in [-0.4, -0.2) is 24.9 Å². The second-order valence-electron chi connectivity index (χ2n) is 4.85. The van der Waals surface area contributed by atoms with Gasteiger partial charge in [-0.3, -0.25) is 9.59 Å². The van der Waals surface area contributed by atoms with Crippen molar-refractivity contribution in [2.45, 2.75) is 6.42 Å². The molecule has 0 spiro atoms. The molecule has 0 saturated heterocycles. The van der Waals surface area contributed by atoms with Crippen molar-refractivity contribution in [3.05, 3.63) is 70.5 Å². The van der Waals surface area contributed by atoms with Gasteiger partial charge in [0.25, 0.3) is 5.91 Å². The van der Waals surface area contributed by atoms with Gasteiger partial charge in [0.2, 0.25) is 5.91 Å². The molecule has 23 heavy (non-hydrogen) atoms. The molecule has 0 aromatic heterocycles. The van der Waals surface area contributed by atoms with Crippen molar-refractivity contribution in [1.29, 1.82) is 0 Å². The van der Waals surface area contributed by atoms with Crippen LogP contribution in [0.3, 0.4) is 0 Å². The van der Waals surface area contributed by atoms with Gasteiger partial charge in [-0.05, 0) is 30.2 Å². The summed E-state index contributed by atoms with van der Waals surface area (Å²) in [5.74, 6) is -1.06. The van der Waals surface area contributed by atoms with Crippen molar-refractivity contribution in [2.24, 2.45) is 0 Å². The van der Waals surface area contributed by atoms with Crippen molar-refractivity contribution in [3.8, 4) is 0 Å². The average Bonchev–Trinajstić information content (AvgIpc) is 2.55. The van der Waals surface area contributed by atoms with E-state index in [-0.39, 0.29) is 18.3 Å². The summed E-state index contributed by atoms with van der Waals surface area (Å²) in [4.78, 5) is 23.6. The summed E-state index contributed by atoms with van der Waals surface area (Å²) in [6.45, 7) is 0.128. The Morgan fingerprint density at radius 3 is 2.43 bits per heavy atom. The molecule has 120 valence electrons. The molecular weight excluding hydrogens is 319 g/mol. The number of benzene rings is 2. The summed E-state index contributed by atoms with van der Waals surface area (Å²) in [7, 11) is 0. The van der Waals surface area contributed by atoms with Crippen LogP contribution in [0.2, 0.25) is 5.02 Å². The molecule has 0 unspecified atom stereocenters. The molecule has 2 aromatic carbocycles. The molecule has 2 amide bonds.